The van der Waals surface area contributed by atoms with Crippen molar-refractivity contribution in [3.63, 3.8) is 0 Å². The van der Waals surface area contributed by atoms with Gasteiger partial charge in [-0.05, 0) is 38.1 Å². The average Bonchev–Trinajstić information content (AvgIpc) is 3.05. The number of halogens is 1. The van der Waals surface area contributed by atoms with Crippen LogP contribution in [0, 0.1) is 29.5 Å². The van der Waals surface area contributed by atoms with E-state index in [0.29, 0.717) is 5.69 Å². The summed E-state index contributed by atoms with van der Waals surface area (Å²) in [5, 5.41) is 14.3. The first-order chi connectivity index (χ1) is 10.9. The number of amides is 1. The molecule has 1 aromatic carbocycles. The number of hydrogen-bond donors (Lipinski definition) is 1. The highest BCUT2D eigenvalue weighted by atomic mass is 19.1. The standard InChI is InChI=1S/C18H18FNO3/c1-9(2)14-12-7-8-13(14)16(18(22)23)15(12)17(21)20-11-5-3-10(19)4-6-11/h3-8,12-13,15-16H,1-2H3,(H,20,21)(H,22,23)/p-1/t12-,13+,15+,16-/m0/s1. The minimum absolute atomic E-state index is 0.214. The number of carbonyl (C=O) groups is 2. The molecule has 2 bridgehead atoms. The van der Waals surface area contributed by atoms with Crippen molar-refractivity contribution in [2.75, 3.05) is 5.32 Å². The number of carboxylic acids is 1. The summed E-state index contributed by atoms with van der Waals surface area (Å²) in [6, 6.07) is 5.39. The topological polar surface area (TPSA) is 69.2 Å². The van der Waals surface area contributed by atoms with Crippen molar-refractivity contribution in [2.45, 2.75) is 13.8 Å². The second-order valence-corrected chi connectivity index (χ2v) is 6.26. The van der Waals surface area contributed by atoms with Gasteiger partial charge in [-0.2, -0.15) is 0 Å². The van der Waals surface area contributed by atoms with Gasteiger partial charge in [0, 0.05) is 29.4 Å². The molecule has 2 aliphatic carbocycles. The van der Waals surface area contributed by atoms with E-state index in [1.807, 2.05) is 26.0 Å². The van der Waals surface area contributed by atoms with Crippen LogP contribution >= 0.6 is 0 Å². The van der Waals surface area contributed by atoms with Gasteiger partial charge in [0.15, 0.2) is 0 Å². The predicted octanol–water partition coefficient (Wildman–Crippen LogP) is 1.90. The molecule has 0 spiro atoms. The fourth-order valence-corrected chi connectivity index (χ4v) is 3.79. The van der Waals surface area contributed by atoms with E-state index in [1.165, 1.54) is 24.3 Å². The van der Waals surface area contributed by atoms with Crippen LogP contribution in [0.4, 0.5) is 10.1 Å². The molecule has 2 aliphatic rings. The Bertz CT molecular complexity index is 716. The van der Waals surface area contributed by atoms with E-state index in [4.69, 9.17) is 0 Å². The van der Waals surface area contributed by atoms with Crippen LogP contribution in [0.3, 0.4) is 0 Å². The molecule has 0 unspecified atom stereocenters. The van der Waals surface area contributed by atoms with E-state index in [2.05, 4.69) is 5.32 Å². The van der Waals surface area contributed by atoms with Crippen LogP contribution in [-0.2, 0) is 9.59 Å². The molecule has 120 valence electrons. The van der Waals surface area contributed by atoms with E-state index < -0.39 is 23.6 Å². The van der Waals surface area contributed by atoms with Crippen molar-refractivity contribution in [2.24, 2.45) is 23.7 Å². The van der Waals surface area contributed by atoms with Gasteiger partial charge < -0.3 is 15.2 Å². The third-order valence-corrected chi connectivity index (χ3v) is 4.67. The lowest BCUT2D eigenvalue weighted by Crippen LogP contribution is -2.42. The SMILES string of the molecule is CC(C)=C1[C@H]2C=C[C@@H]1[C@@H](C(=O)Nc1ccc(F)cc1)[C@H]2C(=O)[O-]. The average molecular weight is 314 g/mol. The van der Waals surface area contributed by atoms with Gasteiger partial charge in [-0.1, -0.05) is 23.3 Å². The summed E-state index contributed by atoms with van der Waals surface area (Å²) in [6.07, 6.45) is 3.76. The van der Waals surface area contributed by atoms with Gasteiger partial charge in [0.2, 0.25) is 5.91 Å². The van der Waals surface area contributed by atoms with Crippen molar-refractivity contribution in [1.82, 2.24) is 0 Å². The number of allylic oxidation sites excluding steroid dienone is 4. The van der Waals surface area contributed by atoms with Gasteiger partial charge in [-0.3, -0.25) is 4.79 Å². The molecule has 23 heavy (non-hydrogen) atoms. The summed E-state index contributed by atoms with van der Waals surface area (Å²) < 4.78 is 12.9. The summed E-state index contributed by atoms with van der Waals surface area (Å²) in [5.74, 6) is -4.04. The summed E-state index contributed by atoms with van der Waals surface area (Å²) in [6.45, 7) is 3.85. The lowest BCUT2D eigenvalue weighted by Gasteiger charge is -2.27. The van der Waals surface area contributed by atoms with Crippen LogP contribution in [0.2, 0.25) is 0 Å². The second-order valence-electron chi connectivity index (χ2n) is 6.26. The number of anilines is 1. The lowest BCUT2D eigenvalue weighted by atomic mass is 9.82. The molecule has 0 aromatic heterocycles. The molecule has 1 aromatic rings. The summed E-state index contributed by atoms with van der Waals surface area (Å²) in [7, 11) is 0. The number of carboxylic acid groups (broad SMARTS) is 1. The lowest BCUT2D eigenvalue weighted by molar-refractivity contribution is -0.313. The van der Waals surface area contributed by atoms with E-state index in [1.54, 1.807) is 0 Å². The molecule has 0 heterocycles. The first kappa shape index (κ1) is 15.5. The van der Waals surface area contributed by atoms with E-state index >= 15 is 0 Å². The van der Waals surface area contributed by atoms with Crippen LogP contribution in [-0.4, -0.2) is 11.9 Å². The fourth-order valence-electron chi connectivity index (χ4n) is 3.79. The zero-order valence-corrected chi connectivity index (χ0v) is 12.9. The highest BCUT2D eigenvalue weighted by molar-refractivity contribution is 5.97. The number of nitrogens with one attached hydrogen (secondary N) is 1. The number of benzene rings is 1. The van der Waals surface area contributed by atoms with Crippen LogP contribution < -0.4 is 10.4 Å². The highest BCUT2D eigenvalue weighted by Gasteiger charge is 2.52. The van der Waals surface area contributed by atoms with Crippen LogP contribution in [0.1, 0.15) is 13.8 Å². The largest absolute Gasteiger partial charge is 0.550 e. The van der Waals surface area contributed by atoms with Crippen LogP contribution in [0.15, 0.2) is 47.6 Å². The van der Waals surface area contributed by atoms with Gasteiger partial charge in [-0.15, -0.1) is 0 Å². The zero-order chi connectivity index (χ0) is 16.7. The normalized spacial score (nSPS) is 28.0. The van der Waals surface area contributed by atoms with Gasteiger partial charge in [0.25, 0.3) is 0 Å². The Hall–Kier alpha value is -2.43. The molecule has 5 heteroatoms. The zero-order valence-electron chi connectivity index (χ0n) is 12.9. The van der Waals surface area contributed by atoms with E-state index in [-0.39, 0.29) is 17.7 Å². The third kappa shape index (κ3) is 2.56. The van der Waals surface area contributed by atoms with Gasteiger partial charge in [0.1, 0.15) is 5.82 Å². The highest BCUT2D eigenvalue weighted by Crippen LogP contribution is 2.53. The van der Waals surface area contributed by atoms with E-state index in [9.17, 15) is 19.1 Å². The Morgan fingerprint density at radius 3 is 2.13 bits per heavy atom. The summed E-state index contributed by atoms with van der Waals surface area (Å²) in [5.41, 5.74) is 2.48. The summed E-state index contributed by atoms with van der Waals surface area (Å²) in [4.78, 5) is 24.2. The van der Waals surface area contributed by atoms with Gasteiger partial charge in [0.05, 0.1) is 5.92 Å². The maximum atomic E-state index is 12.9. The minimum atomic E-state index is -1.21. The van der Waals surface area contributed by atoms with Crippen molar-refractivity contribution < 1.29 is 19.1 Å². The Labute approximate surface area is 133 Å². The Morgan fingerprint density at radius 1 is 1.04 bits per heavy atom. The second kappa shape index (κ2) is 5.65. The predicted molar refractivity (Wildman–Crippen MR) is 81.5 cm³/mol. The van der Waals surface area contributed by atoms with Gasteiger partial charge >= 0.3 is 0 Å². The molecule has 1 N–H and O–H groups in total. The first-order valence-electron chi connectivity index (χ1n) is 7.53. The fraction of sp³-hybridized carbons (Fsp3) is 0.333. The van der Waals surface area contributed by atoms with Crippen LogP contribution in [0.25, 0.3) is 0 Å². The minimum Gasteiger partial charge on any atom is -0.550 e. The van der Waals surface area contributed by atoms with Crippen LogP contribution in [0.5, 0.6) is 0 Å². The molecule has 0 saturated heterocycles. The number of hydrogen-bond acceptors (Lipinski definition) is 3. The molecular formula is C18H17FNO3-. The van der Waals surface area contributed by atoms with Crippen molar-refractivity contribution in [3.05, 3.63) is 53.4 Å². The Morgan fingerprint density at radius 2 is 1.61 bits per heavy atom. The molecular weight excluding hydrogens is 297 g/mol. The first-order valence-corrected chi connectivity index (χ1v) is 7.53. The molecule has 1 fully saturated rings. The van der Waals surface area contributed by atoms with Crippen molar-refractivity contribution in [3.8, 4) is 0 Å². The van der Waals surface area contributed by atoms with E-state index in [0.717, 1.165) is 11.1 Å². The molecule has 3 rings (SSSR count). The quantitative estimate of drug-likeness (QED) is 0.866. The monoisotopic (exact) mass is 314 g/mol. The van der Waals surface area contributed by atoms with Crippen molar-refractivity contribution >= 4 is 17.6 Å². The molecule has 1 saturated carbocycles. The molecule has 4 atom stereocenters. The Kier molecular flexibility index (Phi) is 3.80. The smallest absolute Gasteiger partial charge is 0.229 e. The van der Waals surface area contributed by atoms with Gasteiger partial charge in [-0.25, -0.2) is 4.39 Å². The summed E-state index contributed by atoms with van der Waals surface area (Å²) >= 11 is 0. The van der Waals surface area contributed by atoms with Crippen molar-refractivity contribution in [1.29, 1.82) is 0 Å². The number of rotatable bonds is 3. The Balaban J connectivity index is 1.89. The molecule has 4 nitrogen and oxygen atoms in total. The number of carbonyl (C=O) groups excluding carboxylic acids is 2. The molecule has 1 amide bonds. The molecule has 0 radical (unpaired) electrons. The number of aliphatic carboxylic acids is 1. The maximum Gasteiger partial charge on any atom is 0.229 e. The maximum absolute atomic E-state index is 12.9. The number of fused-ring (bicyclic) bond motifs is 2. The molecule has 0 aliphatic heterocycles. The third-order valence-electron chi connectivity index (χ3n) is 4.67.